The summed E-state index contributed by atoms with van der Waals surface area (Å²) in [6.45, 7) is 1.90. The molecule has 0 saturated heterocycles. The molecule has 0 saturated carbocycles. The van der Waals surface area contributed by atoms with E-state index in [4.69, 9.17) is 22.1 Å². The van der Waals surface area contributed by atoms with Gasteiger partial charge in [0.05, 0.1) is 22.9 Å². The van der Waals surface area contributed by atoms with Crippen molar-refractivity contribution in [3.63, 3.8) is 0 Å². The Morgan fingerprint density at radius 3 is 2.50 bits per heavy atom. The van der Waals surface area contributed by atoms with Gasteiger partial charge in [-0.05, 0) is 36.8 Å². The summed E-state index contributed by atoms with van der Waals surface area (Å²) < 4.78 is 7.54. The van der Waals surface area contributed by atoms with Crippen molar-refractivity contribution in [1.82, 2.24) is 9.78 Å². The highest BCUT2D eigenvalue weighted by Crippen LogP contribution is 2.44. The fraction of sp³-hybridized carbons (Fsp3) is 0.100. The minimum absolute atomic E-state index is 0.0945. The molecule has 0 fully saturated rings. The molecule has 1 atom stereocenters. The van der Waals surface area contributed by atoms with Gasteiger partial charge in [-0.25, -0.2) is 4.68 Å². The highest BCUT2D eigenvalue weighted by atomic mass is 35.5. The van der Waals surface area contributed by atoms with E-state index in [2.05, 4.69) is 11.2 Å². The summed E-state index contributed by atoms with van der Waals surface area (Å²) in [4.78, 5) is 0. The Morgan fingerprint density at radius 1 is 1.15 bits per heavy atom. The van der Waals surface area contributed by atoms with Crippen LogP contribution < -0.4 is 10.5 Å². The van der Waals surface area contributed by atoms with Gasteiger partial charge in [-0.1, -0.05) is 41.9 Å². The largest absolute Gasteiger partial charge is 0.422 e. The van der Waals surface area contributed by atoms with Crippen LogP contribution >= 0.6 is 11.6 Å². The summed E-state index contributed by atoms with van der Waals surface area (Å²) in [5.41, 5.74) is 9.85. The van der Waals surface area contributed by atoms with Crippen LogP contribution in [0, 0.1) is 18.3 Å². The molecule has 26 heavy (non-hydrogen) atoms. The molecule has 3 aromatic rings. The van der Waals surface area contributed by atoms with E-state index in [1.807, 2.05) is 49.4 Å². The summed E-state index contributed by atoms with van der Waals surface area (Å²) in [6, 6.07) is 19.3. The topological polar surface area (TPSA) is 76.9 Å². The molecular formula is C20H15ClN4O. The van der Waals surface area contributed by atoms with Crippen LogP contribution in [0.5, 0.6) is 5.88 Å². The van der Waals surface area contributed by atoms with Crippen LogP contribution in [0.2, 0.25) is 5.02 Å². The number of fused-ring (bicyclic) bond motifs is 1. The first-order valence-electron chi connectivity index (χ1n) is 8.08. The van der Waals surface area contributed by atoms with Crippen molar-refractivity contribution in [3.05, 3.63) is 87.9 Å². The molecule has 1 unspecified atom stereocenters. The summed E-state index contributed by atoms with van der Waals surface area (Å²) in [5.74, 6) is 0.278. The van der Waals surface area contributed by atoms with Crippen molar-refractivity contribution in [2.75, 3.05) is 0 Å². The maximum absolute atomic E-state index is 9.67. The second kappa shape index (κ2) is 6.25. The van der Waals surface area contributed by atoms with Gasteiger partial charge in [0.25, 0.3) is 0 Å². The fourth-order valence-corrected chi connectivity index (χ4v) is 3.37. The van der Waals surface area contributed by atoms with Crippen LogP contribution in [0.15, 0.2) is 66.1 Å². The SMILES string of the molecule is Cc1nn(-c2ccccc2)c2c1C(c1ccc(Cl)cc1)C(C#N)=C(N)O2. The predicted octanol–water partition coefficient (Wildman–Crippen LogP) is 4.05. The average Bonchev–Trinajstić information content (AvgIpc) is 2.98. The number of rotatable bonds is 2. The lowest BCUT2D eigenvalue weighted by molar-refractivity contribution is 0.367. The van der Waals surface area contributed by atoms with E-state index in [0.29, 0.717) is 16.5 Å². The van der Waals surface area contributed by atoms with Crippen molar-refractivity contribution >= 4 is 11.6 Å². The predicted molar refractivity (Wildman–Crippen MR) is 99.1 cm³/mol. The lowest BCUT2D eigenvalue weighted by Gasteiger charge is -2.24. The van der Waals surface area contributed by atoms with E-state index in [1.165, 1.54) is 0 Å². The molecule has 2 aromatic carbocycles. The van der Waals surface area contributed by atoms with Gasteiger partial charge >= 0.3 is 0 Å². The Labute approximate surface area is 155 Å². The number of hydrogen-bond acceptors (Lipinski definition) is 4. The number of aromatic nitrogens is 2. The van der Waals surface area contributed by atoms with Gasteiger partial charge in [0.1, 0.15) is 11.6 Å². The van der Waals surface area contributed by atoms with Crippen molar-refractivity contribution in [2.24, 2.45) is 5.73 Å². The Balaban J connectivity index is 1.95. The normalized spacial score (nSPS) is 16.0. The number of nitrogens with two attached hydrogens (primary N) is 1. The zero-order valence-corrected chi connectivity index (χ0v) is 14.7. The van der Waals surface area contributed by atoms with Gasteiger partial charge < -0.3 is 10.5 Å². The van der Waals surface area contributed by atoms with Crippen molar-refractivity contribution in [2.45, 2.75) is 12.8 Å². The molecule has 5 nitrogen and oxygen atoms in total. The summed E-state index contributed by atoms with van der Waals surface area (Å²) in [6.07, 6.45) is 0. The van der Waals surface area contributed by atoms with Crippen LogP contribution in [0.25, 0.3) is 5.69 Å². The third-order valence-electron chi connectivity index (χ3n) is 4.44. The highest BCUT2D eigenvalue weighted by molar-refractivity contribution is 6.30. The molecule has 0 amide bonds. The van der Waals surface area contributed by atoms with Gasteiger partial charge in [0, 0.05) is 5.02 Å². The first kappa shape index (κ1) is 16.2. The summed E-state index contributed by atoms with van der Waals surface area (Å²) in [7, 11) is 0. The van der Waals surface area contributed by atoms with E-state index in [1.54, 1.807) is 16.8 Å². The first-order chi connectivity index (χ1) is 12.6. The molecule has 1 aliphatic heterocycles. The highest BCUT2D eigenvalue weighted by Gasteiger charge is 2.36. The lowest BCUT2D eigenvalue weighted by Crippen LogP contribution is -2.22. The third kappa shape index (κ3) is 2.52. The molecule has 0 radical (unpaired) electrons. The zero-order chi connectivity index (χ0) is 18.3. The average molecular weight is 363 g/mol. The minimum Gasteiger partial charge on any atom is -0.422 e. The zero-order valence-electron chi connectivity index (χ0n) is 14.0. The Bertz CT molecular complexity index is 1050. The molecule has 4 rings (SSSR count). The number of nitriles is 1. The molecule has 0 bridgehead atoms. The third-order valence-corrected chi connectivity index (χ3v) is 4.69. The number of allylic oxidation sites excluding steroid dienone is 1. The van der Waals surface area contributed by atoms with Gasteiger partial charge in [-0.2, -0.15) is 10.4 Å². The second-order valence-electron chi connectivity index (χ2n) is 6.03. The monoisotopic (exact) mass is 362 g/mol. The van der Waals surface area contributed by atoms with Crippen molar-refractivity contribution in [3.8, 4) is 17.6 Å². The van der Waals surface area contributed by atoms with E-state index in [-0.39, 0.29) is 11.8 Å². The van der Waals surface area contributed by atoms with E-state index < -0.39 is 0 Å². The maximum Gasteiger partial charge on any atom is 0.229 e. The summed E-state index contributed by atoms with van der Waals surface area (Å²) in [5, 5.41) is 14.9. The molecule has 0 aliphatic carbocycles. The van der Waals surface area contributed by atoms with Gasteiger partial charge in [0.15, 0.2) is 0 Å². The molecule has 1 aliphatic rings. The number of nitrogens with zero attached hydrogens (tertiary/aromatic N) is 3. The van der Waals surface area contributed by atoms with Gasteiger partial charge in [-0.3, -0.25) is 0 Å². The van der Waals surface area contributed by atoms with Gasteiger partial charge in [-0.15, -0.1) is 0 Å². The molecule has 0 spiro atoms. The molecule has 6 heteroatoms. The van der Waals surface area contributed by atoms with Crippen LogP contribution in [0.1, 0.15) is 22.7 Å². The van der Waals surface area contributed by atoms with E-state index >= 15 is 0 Å². The number of aryl methyl sites for hydroxylation is 1. The molecule has 1 aromatic heterocycles. The molecule has 2 N–H and O–H groups in total. The first-order valence-corrected chi connectivity index (χ1v) is 8.46. The number of halogens is 1. The maximum atomic E-state index is 9.67. The van der Waals surface area contributed by atoms with Crippen LogP contribution in [-0.4, -0.2) is 9.78 Å². The number of para-hydroxylation sites is 1. The van der Waals surface area contributed by atoms with Crippen molar-refractivity contribution in [1.29, 1.82) is 5.26 Å². The van der Waals surface area contributed by atoms with Crippen LogP contribution in [0.3, 0.4) is 0 Å². The Kier molecular flexibility index (Phi) is 3.90. The van der Waals surface area contributed by atoms with E-state index in [0.717, 1.165) is 22.5 Å². The second-order valence-corrected chi connectivity index (χ2v) is 6.46. The summed E-state index contributed by atoms with van der Waals surface area (Å²) >= 11 is 6.02. The fourth-order valence-electron chi connectivity index (χ4n) is 3.25. The minimum atomic E-state index is -0.349. The Hall–Kier alpha value is -3.23. The quantitative estimate of drug-likeness (QED) is 0.746. The van der Waals surface area contributed by atoms with E-state index in [9.17, 15) is 5.26 Å². The molecular weight excluding hydrogens is 348 g/mol. The number of hydrogen-bond donors (Lipinski definition) is 1. The van der Waals surface area contributed by atoms with Crippen molar-refractivity contribution < 1.29 is 4.74 Å². The lowest BCUT2D eigenvalue weighted by atomic mass is 9.84. The number of ether oxygens (including phenoxy) is 1. The van der Waals surface area contributed by atoms with Crippen LogP contribution in [0.4, 0.5) is 0 Å². The molecule has 2 heterocycles. The molecule has 128 valence electrons. The van der Waals surface area contributed by atoms with Crippen LogP contribution in [-0.2, 0) is 0 Å². The Morgan fingerprint density at radius 2 is 1.85 bits per heavy atom. The smallest absolute Gasteiger partial charge is 0.229 e. The number of benzene rings is 2. The standard InChI is InChI=1S/C20H15ClN4O/c1-12-17-18(13-7-9-14(21)10-8-13)16(11-22)19(23)26-20(17)25(24-12)15-5-3-2-4-6-15/h2-10,18H,23H2,1H3. The van der Waals surface area contributed by atoms with Gasteiger partial charge in [0.2, 0.25) is 11.8 Å².